The molecule has 1 aliphatic rings. The van der Waals surface area contributed by atoms with Crippen LogP contribution in [0.5, 0.6) is 5.88 Å². The van der Waals surface area contributed by atoms with Gasteiger partial charge in [0.05, 0.1) is 18.5 Å². The third kappa shape index (κ3) is 2.92. The molecule has 1 heterocycles. The Kier molecular flexibility index (Phi) is 3.97. The van der Waals surface area contributed by atoms with Gasteiger partial charge < -0.3 is 14.7 Å². The predicted molar refractivity (Wildman–Crippen MR) is 67.9 cm³/mol. The summed E-state index contributed by atoms with van der Waals surface area (Å²) in [5.74, 6) is -0.967. The van der Waals surface area contributed by atoms with E-state index in [2.05, 4.69) is 9.97 Å². The number of nitrogens with zero attached hydrogens (tertiary/aromatic N) is 4. The van der Waals surface area contributed by atoms with Crippen molar-refractivity contribution in [1.82, 2.24) is 9.97 Å². The van der Waals surface area contributed by atoms with Crippen LogP contribution >= 0.6 is 0 Å². The summed E-state index contributed by atoms with van der Waals surface area (Å²) in [4.78, 5) is 30.6. The molecule has 0 spiro atoms. The molecular weight excluding hydrogens is 268 g/mol. The van der Waals surface area contributed by atoms with Crippen molar-refractivity contribution in [1.29, 1.82) is 0 Å². The Morgan fingerprint density at radius 3 is 2.80 bits per heavy atom. The fourth-order valence-corrected chi connectivity index (χ4v) is 1.94. The largest absolute Gasteiger partial charge is 0.481 e. The summed E-state index contributed by atoms with van der Waals surface area (Å²) >= 11 is 0. The van der Waals surface area contributed by atoms with Gasteiger partial charge >= 0.3 is 11.7 Å². The van der Waals surface area contributed by atoms with Crippen LogP contribution in [0.4, 0.5) is 11.5 Å². The highest BCUT2D eigenvalue weighted by molar-refractivity contribution is 5.69. The summed E-state index contributed by atoms with van der Waals surface area (Å²) in [5.41, 5.74) is -0.327. The van der Waals surface area contributed by atoms with Crippen molar-refractivity contribution in [2.75, 3.05) is 18.6 Å². The molecular formula is C11H14N4O5. The Bertz CT molecular complexity index is 532. The first kappa shape index (κ1) is 14.0. The van der Waals surface area contributed by atoms with E-state index in [0.29, 0.717) is 0 Å². The van der Waals surface area contributed by atoms with E-state index in [0.717, 1.165) is 12.8 Å². The zero-order chi connectivity index (χ0) is 14.7. The number of hydrogen-bond acceptors (Lipinski definition) is 7. The van der Waals surface area contributed by atoms with Crippen molar-refractivity contribution < 1.29 is 19.6 Å². The topological polar surface area (TPSA) is 119 Å². The lowest BCUT2D eigenvalue weighted by Crippen LogP contribution is -2.30. The summed E-state index contributed by atoms with van der Waals surface area (Å²) in [6.07, 6.45) is 2.80. The van der Waals surface area contributed by atoms with Crippen molar-refractivity contribution in [3.63, 3.8) is 0 Å². The fourth-order valence-electron chi connectivity index (χ4n) is 1.94. The maximum atomic E-state index is 11.2. The van der Waals surface area contributed by atoms with Gasteiger partial charge in [-0.2, -0.15) is 4.98 Å². The van der Waals surface area contributed by atoms with Gasteiger partial charge in [0, 0.05) is 12.6 Å². The van der Waals surface area contributed by atoms with E-state index < -0.39 is 10.9 Å². The van der Waals surface area contributed by atoms with E-state index in [1.54, 1.807) is 4.90 Å². The zero-order valence-corrected chi connectivity index (χ0v) is 10.9. The first-order valence-corrected chi connectivity index (χ1v) is 6.06. The summed E-state index contributed by atoms with van der Waals surface area (Å²) in [5, 5.41) is 20.0. The monoisotopic (exact) mass is 282 g/mol. The van der Waals surface area contributed by atoms with Crippen molar-refractivity contribution in [3.8, 4) is 5.88 Å². The van der Waals surface area contributed by atoms with E-state index in [4.69, 9.17) is 9.84 Å². The number of nitro groups is 1. The van der Waals surface area contributed by atoms with Crippen LogP contribution < -0.4 is 9.64 Å². The molecule has 0 amide bonds. The Labute approximate surface area is 114 Å². The third-order valence-corrected chi connectivity index (χ3v) is 2.97. The maximum absolute atomic E-state index is 11.2. The SMILES string of the molecule is COc1ncnc(N(CCC(=O)O)C2CC2)c1[N+](=O)[O-]. The zero-order valence-electron chi connectivity index (χ0n) is 10.9. The number of carboxylic acid groups (broad SMARTS) is 1. The highest BCUT2D eigenvalue weighted by Crippen LogP contribution is 2.38. The second kappa shape index (κ2) is 5.68. The van der Waals surface area contributed by atoms with E-state index in [1.807, 2.05) is 0 Å². The van der Waals surface area contributed by atoms with Gasteiger partial charge in [0.2, 0.25) is 5.82 Å². The molecule has 9 nitrogen and oxygen atoms in total. The van der Waals surface area contributed by atoms with Gasteiger partial charge in [0.25, 0.3) is 5.88 Å². The molecule has 0 atom stereocenters. The molecule has 1 fully saturated rings. The van der Waals surface area contributed by atoms with Crippen LogP contribution in [-0.2, 0) is 4.79 Å². The second-order valence-corrected chi connectivity index (χ2v) is 4.38. The van der Waals surface area contributed by atoms with Crippen molar-refractivity contribution in [3.05, 3.63) is 16.4 Å². The molecule has 20 heavy (non-hydrogen) atoms. The lowest BCUT2D eigenvalue weighted by molar-refractivity contribution is -0.385. The molecule has 9 heteroatoms. The molecule has 0 aromatic carbocycles. The Morgan fingerprint density at radius 1 is 1.60 bits per heavy atom. The van der Waals surface area contributed by atoms with Crippen molar-refractivity contribution in [2.24, 2.45) is 0 Å². The summed E-state index contributed by atoms with van der Waals surface area (Å²) in [6.45, 7) is 0.168. The Balaban J connectivity index is 2.37. The van der Waals surface area contributed by atoms with Crippen LogP contribution in [0, 0.1) is 10.1 Å². The molecule has 108 valence electrons. The quantitative estimate of drug-likeness (QED) is 0.577. The number of carbonyl (C=O) groups is 1. The molecule has 0 saturated heterocycles. The number of aromatic nitrogens is 2. The van der Waals surface area contributed by atoms with Gasteiger partial charge in [0.15, 0.2) is 0 Å². The lowest BCUT2D eigenvalue weighted by Gasteiger charge is -2.22. The normalized spacial score (nSPS) is 13.8. The minimum absolute atomic E-state index is 0.0904. The number of carboxylic acids is 1. The van der Waals surface area contributed by atoms with Gasteiger partial charge in [-0.1, -0.05) is 0 Å². The first-order chi connectivity index (χ1) is 9.54. The third-order valence-electron chi connectivity index (χ3n) is 2.97. The van der Waals surface area contributed by atoms with Crippen molar-refractivity contribution >= 4 is 17.5 Å². The van der Waals surface area contributed by atoms with Gasteiger partial charge in [-0.05, 0) is 12.8 Å². The van der Waals surface area contributed by atoms with Crippen LogP contribution in [0.15, 0.2) is 6.33 Å². The van der Waals surface area contributed by atoms with Crippen LogP contribution in [0.3, 0.4) is 0 Å². The van der Waals surface area contributed by atoms with Crippen LogP contribution in [0.2, 0.25) is 0 Å². The number of aliphatic carboxylic acids is 1. The van der Waals surface area contributed by atoms with Gasteiger partial charge in [-0.3, -0.25) is 14.9 Å². The number of anilines is 1. The summed E-state index contributed by atoms with van der Waals surface area (Å²) < 4.78 is 4.89. The lowest BCUT2D eigenvalue weighted by atomic mass is 10.3. The van der Waals surface area contributed by atoms with E-state index >= 15 is 0 Å². The average molecular weight is 282 g/mol. The summed E-state index contributed by atoms with van der Waals surface area (Å²) in [6, 6.07) is 0.0904. The molecule has 0 bridgehead atoms. The highest BCUT2D eigenvalue weighted by atomic mass is 16.6. The maximum Gasteiger partial charge on any atom is 0.372 e. The van der Waals surface area contributed by atoms with Gasteiger partial charge in [-0.15, -0.1) is 0 Å². The molecule has 1 saturated carbocycles. The molecule has 1 N–H and O–H groups in total. The number of ether oxygens (including phenoxy) is 1. The molecule has 0 aliphatic heterocycles. The standard InChI is InChI=1S/C11H14N4O5/c1-20-11-9(15(18)19)10(12-6-13-11)14(7-2-3-7)5-4-8(16)17/h6-7H,2-5H2,1H3,(H,16,17). The minimum Gasteiger partial charge on any atom is -0.481 e. The highest BCUT2D eigenvalue weighted by Gasteiger charge is 2.36. The van der Waals surface area contributed by atoms with Crippen LogP contribution in [0.25, 0.3) is 0 Å². The predicted octanol–water partition coefficient (Wildman–Crippen LogP) is 0.837. The number of hydrogen-bond donors (Lipinski definition) is 1. The minimum atomic E-state index is -0.959. The molecule has 1 aliphatic carbocycles. The second-order valence-electron chi connectivity index (χ2n) is 4.38. The van der Waals surface area contributed by atoms with Gasteiger partial charge in [0.1, 0.15) is 6.33 Å². The first-order valence-electron chi connectivity index (χ1n) is 6.06. The van der Waals surface area contributed by atoms with E-state index in [-0.39, 0.29) is 36.4 Å². The molecule has 1 aromatic heterocycles. The van der Waals surface area contributed by atoms with Crippen molar-refractivity contribution in [2.45, 2.75) is 25.3 Å². The molecule has 0 radical (unpaired) electrons. The van der Waals surface area contributed by atoms with E-state index in [1.165, 1.54) is 13.4 Å². The average Bonchev–Trinajstić information content (AvgIpc) is 3.22. The van der Waals surface area contributed by atoms with E-state index in [9.17, 15) is 14.9 Å². The molecule has 1 aromatic rings. The molecule has 0 unspecified atom stereocenters. The number of rotatable bonds is 7. The smallest absolute Gasteiger partial charge is 0.372 e. The van der Waals surface area contributed by atoms with Gasteiger partial charge in [-0.25, -0.2) is 4.98 Å². The Morgan fingerprint density at radius 2 is 2.30 bits per heavy atom. The van der Waals surface area contributed by atoms with Crippen LogP contribution in [-0.4, -0.2) is 45.7 Å². The summed E-state index contributed by atoms with van der Waals surface area (Å²) in [7, 11) is 1.29. The number of methoxy groups -OCH3 is 1. The fraction of sp³-hybridized carbons (Fsp3) is 0.545. The Hall–Kier alpha value is -2.45. The van der Waals surface area contributed by atoms with Crippen LogP contribution in [0.1, 0.15) is 19.3 Å². The molecule has 2 rings (SSSR count).